The molecule has 2 amide bonds. The van der Waals surface area contributed by atoms with E-state index in [1.54, 1.807) is 12.1 Å². The van der Waals surface area contributed by atoms with Gasteiger partial charge in [-0.25, -0.2) is 0 Å². The van der Waals surface area contributed by atoms with E-state index in [0.29, 0.717) is 11.6 Å². The summed E-state index contributed by atoms with van der Waals surface area (Å²) in [6.07, 6.45) is 0. The lowest BCUT2D eigenvalue weighted by Gasteiger charge is -2.08. The van der Waals surface area contributed by atoms with Crippen LogP contribution in [-0.4, -0.2) is 24.2 Å². The molecule has 2 aromatic carbocycles. The number of nitrogens with one attached hydrogen (secondary N) is 2. The minimum absolute atomic E-state index is 0.125. The molecule has 0 saturated heterocycles. The SMILES string of the molecule is O=C(COCc1ccccc1)NNC(=O)CSc1ccc(Cl)cc1. The normalized spacial score (nSPS) is 10.2. The first kappa shape index (κ1) is 18.3. The number of ether oxygens (including phenoxy) is 1. The Morgan fingerprint density at radius 2 is 1.62 bits per heavy atom. The maximum atomic E-state index is 11.7. The Labute approximate surface area is 149 Å². The maximum Gasteiger partial charge on any atom is 0.264 e. The van der Waals surface area contributed by atoms with Crippen LogP contribution in [0.4, 0.5) is 0 Å². The summed E-state index contributed by atoms with van der Waals surface area (Å²) in [5, 5.41) is 0.645. The zero-order chi connectivity index (χ0) is 17.2. The first-order valence-corrected chi connectivity index (χ1v) is 8.57. The van der Waals surface area contributed by atoms with Crippen LogP contribution in [0.5, 0.6) is 0 Å². The highest BCUT2D eigenvalue weighted by molar-refractivity contribution is 8.00. The van der Waals surface area contributed by atoms with E-state index in [-0.39, 0.29) is 18.3 Å². The summed E-state index contributed by atoms with van der Waals surface area (Å²) < 4.78 is 5.27. The van der Waals surface area contributed by atoms with Crippen molar-refractivity contribution >= 4 is 35.2 Å². The van der Waals surface area contributed by atoms with Gasteiger partial charge in [0.05, 0.1) is 12.4 Å². The Balaban J connectivity index is 1.59. The summed E-state index contributed by atoms with van der Waals surface area (Å²) in [4.78, 5) is 24.2. The van der Waals surface area contributed by atoms with Crippen molar-refractivity contribution < 1.29 is 14.3 Å². The molecule has 0 unspecified atom stereocenters. The van der Waals surface area contributed by atoms with Crippen molar-refractivity contribution in [2.45, 2.75) is 11.5 Å². The van der Waals surface area contributed by atoms with E-state index >= 15 is 0 Å². The predicted molar refractivity (Wildman–Crippen MR) is 94.6 cm³/mol. The lowest BCUT2D eigenvalue weighted by Crippen LogP contribution is -2.44. The van der Waals surface area contributed by atoms with Crippen LogP contribution in [0.1, 0.15) is 5.56 Å². The number of carbonyl (C=O) groups excluding carboxylic acids is 2. The molecule has 24 heavy (non-hydrogen) atoms. The molecule has 0 aromatic heterocycles. The number of benzene rings is 2. The maximum absolute atomic E-state index is 11.7. The van der Waals surface area contributed by atoms with Crippen molar-refractivity contribution in [2.75, 3.05) is 12.4 Å². The van der Waals surface area contributed by atoms with Crippen molar-refractivity contribution in [3.63, 3.8) is 0 Å². The molecular formula is C17H17ClN2O3S. The van der Waals surface area contributed by atoms with Gasteiger partial charge < -0.3 is 4.74 Å². The smallest absolute Gasteiger partial charge is 0.264 e. The molecule has 7 heteroatoms. The molecule has 2 N–H and O–H groups in total. The van der Waals surface area contributed by atoms with Crippen LogP contribution in [0.25, 0.3) is 0 Å². The fourth-order valence-electron chi connectivity index (χ4n) is 1.73. The summed E-state index contributed by atoms with van der Waals surface area (Å²) in [5.74, 6) is -0.519. The summed E-state index contributed by atoms with van der Waals surface area (Å²) >= 11 is 7.14. The average molecular weight is 365 g/mol. The molecule has 0 radical (unpaired) electrons. The number of amides is 2. The minimum atomic E-state index is -0.407. The zero-order valence-corrected chi connectivity index (χ0v) is 14.4. The highest BCUT2D eigenvalue weighted by Gasteiger charge is 2.06. The van der Waals surface area contributed by atoms with Crippen LogP contribution in [0.2, 0.25) is 5.02 Å². The topological polar surface area (TPSA) is 67.4 Å². The van der Waals surface area contributed by atoms with Gasteiger partial charge in [-0.2, -0.15) is 0 Å². The van der Waals surface area contributed by atoms with Gasteiger partial charge in [-0.3, -0.25) is 20.4 Å². The van der Waals surface area contributed by atoms with Gasteiger partial charge in [-0.1, -0.05) is 41.9 Å². The Morgan fingerprint density at radius 1 is 0.958 bits per heavy atom. The number of hydrazine groups is 1. The van der Waals surface area contributed by atoms with Crippen LogP contribution in [0.3, 0.4) is 0 Å². The fraction of sp³-hybridized carbons (Fsp3) is 0.176. The molecule has 2 aromatic rings. The standard InChI is InChI=1S/C17H17ClN2O3S/c18-14-6-8-15(9-7-14)24-12-17(22)20-19-16(21)11-23-10-13-4-2-1-3-5-13/h1-9H,10-12H2,(H,19,21)(H,20,22). The molecule has 5 nitrogen and oxygen atoms in total. The Kier molecular flexibility index (Phi) is 7.61. The summed E-state index contributed by atoms with van der Waals surface area (Å²) in [5.41, 5.74) is 5.64. The van der Waals surface area contributed by atoms with E-state index < -0.39 is 5.91 Å². The van der Waals surface area contributed by atoms with Gasteiger partial charge in [0.1, 0.15) is 6.61 Å². The molecule has 0 bridgehead atoms. The van der Waals surface area contributed by atoms with Gasteiger partial charge in [0.15, 0.2) is 0 Å². The van der Waals surface area contributed by atoms with Crippen LogP contribution < -0.4 is 10.9 Å². The third-order valence-corrected chi connectivity index (χ3v) is 4.13. The van der Waals surface area contributed by atoms with Crippen LogP contribution >= 0.6 is 23.4 Å². The van der Waals surface area contributed by atoms with E-state index in [0.717, 1.165) is 10.5 Å². The molecule has 0 heterocycles. The van der Waals surface area contributed by atoms with Gasteiger partial charge in [0.25, 0.3) is 5.91 Å². The molecule has 0 aliphatic rings. The van der Waals surface area contributed by atoms with Gasteiger partial charge in [-0.15, -0.1) is 11.8 Å². The van der Waals surface area contributed by atoms with E-state index in [2.05, 4.69) is 10.9 Å². The number of hydrogen-bond donors (Lipinski definition) is 2. The van der Waals surface area contributed by atoms with Crippen molar-refractivity contribution in [1.82, 2.24) is 10.9 Å². The quantitative estimate of drug-likeness (QED) is 0.585. The predicted octanol–water partition coefficient (Wildman–Crippen LogP) is 2.80. The molecule has 0 fully saturated rings. The van der Waals surface area contributed by atoms with Crippen LogP contribution in [0, 0.1) is 0 Å². The summed E-state index contributed by atoms with van der Waals surface area (Å²) in [6, 6.07) is 16.7. The van der Waals surface area contributed by atoms with Gasteiger partial charge in [0.2, 0.25) is 5.91 Å². The lowest BCUT2D eigenvalue weighted by molar-refractivity contribution is -0.131. The third-order valence-electron chi connectivity index (χ3n) is 2.87. The molecule has 0 atom stereocenters. The zero-order valence-electron chi connectivity index (χ0n) is 12.8. The first-order valence-electron chi connectivity index (χ1n) is 7.21. The molecule has 2 rings (SSSR count). The van der Waals surface area contributed by atoms with Gasteiger partial charge >= 0.3 is 0 Å². The number of carbonyl (C=O) groups is 2. The molecule has 0 aliphatic carbocycles. The fourth-order valence-corrected chi connectivity index (χ4v) is 2.55. The highest BCUT2D eigenvalue weighted by atomic mass is 35.5. The van der Waals surface area contributed by atoms with E-state index in [1.165, 1.54) is 11.8 Å². The lowest BCUT2D eigenvalue weighted by atomic mass is 10.2. The van der Waals surface area contributed by atoms with Crippen molar-refractivity contribution in [1.29, 1.82) is 0 Å². The molecular weight excluding hydrogens is 348 g/mol. The minimum Gasteiger partial charge on any atom is -0.367 e. The Bertz CT molecular complexity index is 665. The second-order valence-corrected chi connectivity index (χ2v) is 6.30. The second-order valence-electron chi connectivity index (χ2n) is 4.82. The molecule has 0 aliphatic heterocycles. The third kappa shape index (κ3) is 7.04. The number of thioether (sulfide) groups is 1. The van der Waals surface area contributed by atoms with Crippen molar-refractivity contribution in [3.05, 3.63) is 65.2 Å². The summed E-state index contributed by atoms with van der Waals surface area (Å²) in [7, 11) is 0. The number of hydrogen-bond acceptors (Lipinski definition) is 4. The van der Waals surface area contributed by atoms with Gasteiger partial charge in [-0.05, 0) is 29.8 Å². The van der Waals surface area contributed by atoms with Crippen LogP contribution in [-0.2, 0) is 20.9 Å². The molecule has 0 saturated carbocycles. The van der Waals surface area contributed by atoms with Gasteiger partial charge in [0, 0.05) is 9.92 Å². The Morgan fingerprint density at radius 3 is 2.33 bits per heavy atom. The highest BCUT2D eigenvalue weighted by Crippen LogP contribution is 2.19. The monoisotopic (exact) mass is 364 g/mol. The number of rotatable bonds is 7. The van der Waals surface area contributed by atoms with Crippen molar-refractivity contribution in [3.8, 4) is 0 Å². The average Bonchev–Trinajstić information content (AvgIpc) is 2.60. The van der Waals surface area contributed by atoms with Crippen molar-refractivity contribution in [2.24, 2.45) is 0 Å². The Hall–Kier alpha value is -2.02. The number of halogens is 1. The largest absolute Gasteiger partial charge is 0.367 e. The first-order chi connectivity index (χ1) is 11.6. The molecule has 126 valence electrons. The van der Waals surface area contributed by atoms with E-state index in [9.17, 15) is 9.59 Å². The van der Waals surface area contributed by atoms with Crippen LogP contribution in [0.15, 0.2) is 59.5 Å². The van der Waals surface area contributed by atoms with E-state index in [4.69, 9.17) is 16.3 Å². The van der Waals surface area contributed by atoms with E-state index in [1.807, 2.05) is 42.5 Å². The molecule has 0 spiro atoms. The second kappa shape index (κ2) is 9.97. The summed E-state index contributed by atoms with van der Waals surface area (Å²) in [6.45, 7) is 0.216.